The van der Waals surface area contributed by atoms with E-state index in [1.54, 1.807) is 0 Å². The van der Waals surface area contributed by atoms with E-state index in [1.807, 2.05) is 0 Å². The third kappa shape index (κ3) is 2.75. The van der Waals surface area contributed by atoms with Crippen LogP contribution in [0.1, 0.15) is 16.1 Å². The lowest BCUT2D eigenvalue weighted by Gasteiger charge is -2.11. The van der Waals surface area contributed by atoms with Crippen LogP contribution in [0.3, 0.4) is 0 Å². The molecule has 0 radical (unpaired) electrons. The van der Waals surface area contributed by atoms with Crippen molar-refractivity contribution in [1.82, 2.24) is 14.8 Å². The molecule has 2 aromatic rings. The maximum absolute atomic E-state index is 12.9. The zero-order valence-electron chi connectivity index (χ0n) is 9.02. The number of hydrogen-bond donors (Lipinski definition) is 1. The zero-order chi connectivity index (χ0) is 14.2. The van der Waals surface area contributed by atoms with Gasteiger partial charge in [-0.3, -0.25) is 0 Å². The van der Waals surface area contributed by atoms with Crippen LogP contribution in [-0.2, 0) is 6.18 Å². The molecule has 0 saturated heterocycles. The van der Waals surface area contributed by atoms with Crippen molar-refractivity contribution in [2.45, 2.75) is 6.18 Å². The fraction of sp³-hybridized carbons (Fsp3) is 0.100. The highest BCUT2D eigenvalue weighted by Gasteiger charge is 2.35. The topological polar surface area (TPSA) is 68.0 Å². The highest BCUT2D eigenvalue weighted by molar-refractivity contribution is 9.10. The molecule has 0 aliphatic rings. The minimum Gasteiger partial charge on any atom is -0.476 e. The first-order valence-electron chi connectivity index (χ1n) is 4.81. The van der Waals surface area contributed by atoms with Crippen LogP contribution in [-0.4, -0.2) is 25.8 Å². The monoisotopic (exact) mass is 335 g/mol. The highest BCUT2D eigenvalue weighted by Crippen LogP contribution is 2.34. The summed E-state index contributed by atoms with van der Waals surface area (Å²) in [5.74, 6) is -1.81. The molecule has 2 rings (SSSR count). The largest absolute Gasteiger partial charge is 0.476 e. The van der Waals surface area contributed by atoms with Crippen molar-refractivity contribution < 1.29 is 23.1 Å². The Bertz CT molecular complexity index is 639. The van der Waals surface area contributed by atoms with E-state index in [9.17, 15) is 18.0 Å². The second kappa shape index (κ2) is 4.65. The van der Waals surface area contributed by atoms with Crippen molar-refractivity contribution in [3.63, 3.8) is 0 Å². The lowest BCUT2D eigenvalue weighted by Crippen LogP contribution is -2.13. The predicted octanol–water partition coefficient (Wildman–Crippen LogP) is 2.75. The van der Waals surface area contributed by atoms with Crippen molar-refractivity contribution in [2.24, 2.45) is 0 Å². The summed E-state index contributed by atoms with van der Waals surface area (Å²) >= 11 is 2.90. The van der Waals surface area contributed by atoms with E-state index >= 15 is 0 Å². The molecule has 0 spiro atoms. The summed E-state index contributed by atoms with van der Waals surface area (Å²) in [4.78, 5) is 14.3. The smallest absolute Gasteiger partial charge is 0.420 e. The Morgan fingerprint density at radius 1 is 1.42 bits per heavy atom. The average Bonchev–Trinajstić information content (AvgIpc) is 2.77. The molecular weight excluding hydrogens is 331 g/mol. The van der Waals surface area contributed by atoms with Gasteiger partial charge in [-0.05, 0) is 28.1 Å². The van der Waals surface area contributed by atoms with Crippen LogP contribution >= 0.6 is 15.9 Å². The Hall–Kier alpha value is -1.90. The number of hydrogen-bond acceptors (Lipinski definition) is 3. The molecule has 0 aliphatic heterocycles. The first kappa shape index (κ1) is 13.5. The quantitative estimate of drug-likeness (QED) is 0.916. The molecular formula is C10H5BrF3N3O2. The van der Waals surface area contributed by atoms with E-state index in [1.165, 1.54) is 6.20 Å². The fourth-order valence-corrected chi connectivity index (χ4v) is 1.71. The van der Waals surface area contributed by atoms with Crippen LogP contribution in [0, 0.1) is 0 Å². The second-order valence-corrected chi connectivity index (χ2v) is 4.39. The molecule has 0 aliphatic carbocycles. The number of nitrogens with zero attached hydrogens (tertiary/aromatic N) is 3. The molecule has 19 heavy (non-hydrogen) atoms. The standard InChI is InChI=1S/C10H5BrF3N3O2/c11-5-3-6(10(12,13)14)8(15-4-5)17-2-1-7(16-17)9(18)19/h1-4H,(H,18,19). The maximum atomic E-state index is 12.9. The van der Waals surface area contributed by atoms with Crippen molar-refractivity contribution in [2.75, 3.05) is 0 Å². The molecule has 100 valence electrons. The van der Waals surface area contributed by atoms with Gasteiger partial charge in [-0.25, -0.2) is 14.5 Å². The van der Waals surface area contributed by atoms with Crippen molar-refractivity contribution in [3.05, 3.63) is 40.3 Å². The molecule has 0 unspecified atom stereocenters. The Morgan fingerprint density at radius 3 is 2.63 bits per heavy atom. The van der Waals surface area contributed by atoms with Gasteiger partial charge >= 0.3 is 12.1 Å². The summed E-state index contributed by atoms with van der Waals surface area (Å²) < 4.78 is 39.5. The molecule has 2 heterocycles. The molecule has 1 N–H and O–H groups in total. The minimum absolute atomic E-state index is 0.161. The Morgan fingerprint density at radius 2 is 2.11 bits per heavy atom. The van der Waals surface area contributed by atoms with Crippen LogP contribution in [0.5, 0.6) is 0 Å². The minimum atomic E-state index is -4.62. The molecule has 9 heteroatoms. The third-order valence-corrected chi connectivity index (χ3v) is 2.60. The van der Waals surface area contributed by atoms with E-state index in [2.05, 4.69) is 26.0 Å². The fourth-order valence-electron chi connectivity index (χ4n) is 1.38. The van der Waals surface area contributed by atoms with Gasteiger partial charge in [-0.15, -0.1) is 0 Å². The summed E-state index contributed by atoms with van der Waals surface area (Å²) in [6.07, 6.45) is -2.34. The van der Waals surface area contributed by atoms with Crippen LogP contribution in [0.2, 0.25) is 0 Å². The SMILES string of the molecule is O=C(O)c1ccn(-c2ncc(Br)cc2C(F)(F)F)n1. The molecule has 0 atom stereocenters. The van der Waals surface area contributed by atoms with Gasteiger partial charge in [0.15, 0.2) is 11.5 Å². The van der Waals surface area contributed by atoms with Crippen LogP contribution in [0.15, 0.2) is 29.0 Å². The lowest BCUT2D eigenvalue weighted by atomic mass is 10.2. The van der Waals surface area contributed by atoms with Crippen molar-refractivity contribution >= 4 is 21.9 Å². The number of pyridine rings is 1. The van der Waals surface area contributed by atoms with E-state index in [0.717, 1.165) is 23.0 Å². The molecule has 0 bridgehead atoms. The molecule has 0 amide bonds. The van der Waals surface area contributed by atoms with Crippen LogP contribution in [0.4, 0.5) is 13.2 Å². The van der Waals surface area contributed by atoms with E-state index in [-0.39, 0.29) is 10.2 Å². The average molecular weight is 336 g/mol. The highest BCUT2D eigenvalue weighted by atomic mass is 79.9. The molecule has 5 nitrogen and oxygen atoms in total. The predicted molar refractivity (Wildman–Crippen MR) is 61.0 cm³/mol. The van der Waals surface area contributed by atoms with E-state index < -0.39 is 23.5 Å². The summed E-state index contributed by atoms with van der Waals surface area (Å²) in [6, 6.07) is 1.94. The summed E-state index contributed by atoms with van der Waals surface area (Å²) in [7, 11) is 0. The number of carboxylic acids is 1. The number of rotatable bonds is 2. The number of aromatic nitrogens is 3. The zero-order valence-corrected chi connectivity index (χ0v) is 10.6. The molecule has 0 fully saturated rings. The maximum Gasteiger partial charge on any atom is 0.420 e. The first-order valence-corrected chi connectivity index (χ1v) is 5.60. The van der Waals surface area contributed by atoms with Crippen LogP contribution in [0.25, 0.3) is 5.82 Å². The number of carbonyl (C=O) groups is 1. The molecule has 0 aromatic carbocycles. The van der Waals surface area contributed by atoms with Gasteiger partial charge in [0.25, 0.3) is 0 Å². The number of carboxylic acid groups (broad SMARTS) is 1. The van der Waals surface area contributed by atoms with E-state index in [0.29, 0.717) is 0 Å². The number of halogens is 4. The summed E-state index contributed by atoms with van der Waals surface area (Å²) in [5, 5.41) is 12.2. The van der Waals surface area contributed by atoms with Gasteiger partial charge in [0, 0.05) is 16.9 Å². The van der Waals surface area contributed by atoms with Gasteiger partial charge in [-0.1, -0.05) is 0 Å². The van der Waals surface area contributed by atoms with Gasteiger partial charge in [0.2, 0.25) is 0 Å². The van der Waals surface area contributed by atoms with E-state index in [4.69, 9.17) is 5.11 Å². The molecule has 0 saturated carbocycles. The van der Waals surface area contributed by atoms with Crippen molar-refractivity contribution in [3.8, 4) is 5.82 Å². The van der Waals surface area contributed by atoms with Crippen LogP contribution < -0.4 is 0 Å². The van der Waals surface area contributed by atoms with Gasteiger partial charge < -0.3 is 5.11 Å². The summed E-state index contributed by atoms with van der Waals surface area (Å²) in [6.45, 7) is 0. The Kier molecular flexibility index (Phi) is 3.31. The Balaban J connectivity index is 2.58. The second-order valence-electron chi connectivity index (χ2n) is 3.47. The van der Waals surface area contributed by atoms with Gasteiger partial charge in [0.05, 0.1) is 0 Å². The third-order valence-electron chi connectivity index (χ3n) is 2.16. The normalized spacial score (nSPS) is 11.6. The number of alkyl halides is 3. The van der Waals surface area contributed by atoms with Gasteiger partial charge in [0.1, 0.15) is 5.56 Å². The molecule has 2 aromatic heterocycles. The van der Waals surface area contributed by atoms with Crippen molar-refractivity contribution in [1.29, 1.82) is 0 Å². The Labute approximate surface area is 112 Å². The van der Waals surface area contributed by atoms with Gasteiger partial charge in [-0.2, -0.15) is 18.3 Å². The number of aromatic carboxylic acids is 1. The first-order chi connectivity index (χ1) is 8.79. The summed E-state index contributed by atoms with van der Waals surface area (Å²) in [5.41, 5.74) is -1.38. The lowest BCUT2D eigenvalue weighted by molar-refractivity contribution is -0.137.